The molecule has 0 bridgehead atoms. The number of carbonyl (C=O) groups is 12. The molecule has 6 unspecified atom stereocenters. The molecule has 131 heavy (non-hydrogen) atoms. The first-order valence-corrected chi connectivity index (χ1v) is 44.5. The second kappa shape index (κ2) is 56.1. The highest BCUT2D eigenvalue weighted by atomic mass is 19.2. The second-order valence-corrected chi connectivity index (χ2v) is 33.4. The van der Waals surface area contributed by atoms with Crippen LogP contribution in [0.2, 0.25) is 0 Å². The zero-order valence-electron chi connectivity index (χ0n) is 77.8. The molecule has 0 aromatic heterocycles. The maximum Gasteiger partial charge on any atom is 0.253 e. The molecule has 30 nitrogen and oxygen atoms in total. The van der Waals surface area contributed by atoms with Gasteiger partial charge in [-0.1, -0.05) is 96.9 Å². The van der Waals surface area contributed by atoms with Crippen molar-refractivity contribution in [1.29, 1.82) is 0 Å². The third kappa shape index (κ3) is 38.3. The number of likely N-dealkylation sites (N-methyl/N-ethyl adjacent to an activating group) is 1. The Kier molecular flexibility index (Phi) is 47.8. The molecule has 12 amide bonds. The van der Waals surface area contributed by atoms with Crippen LogP contribution in [-0.2, 0) is 33.6 Å². The van der Waals surface area contributed by atoms with E-state index >= 15 is 0 Å². The molecule has 0 saturated heterocycles. The van der Waals surface area contributed by atoms with Crippen molar-refractivity contribution in [3.63, 3.8) is 0 Å². The summed E-state index contributed by atoms with van der Waals surface area (Å²) in [5.41, 5.74) is 25.2. The predicted octanol–water partition coefficient (Wildman–Crippen LogP) is 9.89. The quantitative estimate of drug-likeness (QED) is 0.0125. The van der Waals surface area contributed by atoms with E-state index in [9.17, 15) is 99.2 Å². The normalized spacial score (nSPS) is 12.6. The minimum atomic E-state index is -1.32. The first-order chi connectivity index (χ1) is 61.8. The molecule has 0 aliphatic rings. The van der Waals surface area contributed by atoms with Crippen LogP contribution in [0.4, 0.5) is 26.3 Å². The smallest absolute Gasteiger partial charge is 0.253 e. The largest absolute Gasteiger partial charge is 0.390 e. The molecule has 0 spiro atoms. The van der Waals surface area contributed by atoms with Crippen LogP contribution >= 0.6 is 0 Å². The number of hydrogen-bond acceptors (Lipinski definition) is 18. The second-order valence-electron chi connectivity index (χ2n) is 33.4. The maximum atomic E-state index is 14.0. The van der Waals surface area contributed by atoms with Gasteiger partial charge in [0, 0.05) is 166 Å². The highest BCUT2D eigenvalue weighted by Gasteiger charge is 2.33. The third-order valence-corrected chi connectivity index (χ3v) is 20.2. The van der Waals surface area contributed by atoms with E-state index in [4.69, 9.17) is 17.2 Å². The highest BCUT2D eigenvalue weighted by Crippen LogP contribution is 2.23. The summed E-state index contributed by atoms with van der Waals surface area (Å²) in [4.78, 5) is 159. The van der Waals surface area contributed by atoms with E-state index in [0.717, 1.165) is 36.4 Å². The zero-order chi connectivity index (χ0) is 98.2. The molecule has 6 aromatic rings. The lowest BCUT2D eigenvalue weighted by atomic mass is 9.99. The average Bonchev–Trinajstić information content (AvgIpc) is 0.818. The molecule has 0 radical (unpaired) electrons. The lowest BCUT2D eigenvalue weighted by molar-refractivity contribution is -0.130. The van der Waals surface area contributed by atoms with Crippen molar-refractivity contribution in [3.8, 4) is 0 Å². The van der Waals surface area contributed by atoms with E-state index in [-0.39, 0.29) is 165 Å². The van der Waals surface area contributed by atoms with E-state index in [1.54, 1.807) is 42.4 Å². The molecule has 15 N–H and O–H groups in total. The van der Waals surface area contributed by atoms with Crippen molar-refractivity contribution >= 4 is 70.9 Å². The topological polar surface area (TPSA) is 435 Å². The van der Waals surface area contributed by atoms with Gasteiger partial charge in [0.05, 0.1) is 36.4 Å². The van der Waals surface area contributed by atoms with E-state index < -0.39 is 107 Å². The van der Waals surface area contributed by atoms with Crippen molar-refractivity contribution < 1.29 is 99.2 Å². The van der Waals surface area contributed by atoms with Gasteiger partial charge in [0.2, 0.25) is 35.4 Å². The Morgan fingerprint density at radius 1 is 0.321 bits per heavy atom. The van der Waals surface area contributed by atoms with Gasteiger partial charge in [-0.15, -0.1) is 0 Å². The highest BCUT2D eigenvalue weighted by molar-refractivity contribution is 6.07. The van der Waals surface area contributed by atoms with Crippen molar-refractivity contribution in [2.75, 3.05) is 79.0 Å². The number of nitrogens with two attached hydrogens (primary N) is 3. The molecule has 0 aliphatic heterocycles. The number of nitrogens with zero attached hydrogens (tertiary/aromatic N) is 6. The van der Waals surface area contributed by atoms with Crippen LogP contribution in [0.1, 0.15) is 265 Å². The monoisotopic (exact) mass is 1840 g/mol. The molecule has 6 atom stereocenters. The van der Waals surface area contributed by atoms with Crippen molar-refractivity contribution in [1.82, 2.24) is 62.0 Å². The maximum absolute atomic E-state index is 14.0. The summed E-state index contributed by atoms with van der Waals surface area (Å²) in [6.45, 7) is 29.3. The van der Waals surface area contributed by atoms with Gasteiger partial charge in [-0.2, -0.15) is 0 Å². The summed E-state index contributed by atoms with van der Waals surface area (Å²) < 4.78 is 84.0. The fraction of sp³-hybridized carbons (Fsp3) is 0.495. The van der Waals surface area contributed by atoms with Gasteiger partial charge >= 0.3 is 0 Å². The predicted molar refractivity (Wildman–Crippen MR) is 486 cm³/mol. The molecular formula is C95H133F6N15O15. The first kappa shape index (κ1) is 112. The van der Waals surface area contributed by atoms with E-state index in [0.29, 0.717) is 122 Å². The number of nitrogens with one attached hydrogen (secondary N) is 6. The number of halogens is 6. The van der Waals surface area contributed by atoms with Crippen LogP contribution in [0, 0.1) is 52.7 Å². The molecule has 720 valence electrons. The number of hydrazine groups is 3. The number of aliphatic hydroxyl groups is 3. The Balaban J connectivity index is 0.000000411. The van der Waals surface area contributed by atoms with E-state index in [1.807, 2.05) is 69.2 Å². The van der Waals surface area contributed by atoms with Crippen LogP contribution < -0.4 is 49.4 Å². The Morgan fingerprint density at radius 3 is 0.771 bits per heavy atom. The Morgan fingerprint density at radius 2 is 0.550 bits per heavy atom. The van der Waals surface area contributed by atoms with Crippen LogP contribution in [0.15, 0.2) is 109 Å². The Bertz CT molecular complexity index is 4560. The number of amides is 12. The van der Waals surface area contributed by atoms with Gasteiger partial charge in [0.25, 0.3) is 35.4 Å². The van der Waals surface area contributed by atoms with Gasteiger partial charge < -0.3 is 63.2 Å². The molecule has 0 aliphatic carbocycles. The summed E-state index contributed by atoms with van der Waals surface area (Å²) in [5.74, 6) is -12.1. The zero-order valence-corrected chi connectivity index (χ0v) is 77.8. The number of carbonyl (C=O) groups excluding carboxylic acids is 12. The van der Waals surface area contributed by atoms with Gasteiger partial charge in [-0.05, 0) is 184 Å². The fourth-order valence-corrected chi connectivity index (χ4v) is 14.0. The molecule has 36 heteroatoms. The SMILES string of the molecule is CCCN(CC(O)C(Cc1cc(F)cc(F)c1)NC(=O)c1cc(C(N)=O)cc(C(=O)N(CCC)CCC)c1)NC(=O)C(C)C.CCCN(CC(O)C(Cc1cc(F)cc(F)c1)NC(=O)c1cc(C(N)=O)cc(C(=O)N(CCC)CCC)c1)NC(=O)C(C)C.CCCN(CCC)C(=O)c1cc(C(N)=O)cc(C(=O)NC(Cc2cc(F)cc(F)c2)C(O)CN(C)NC(=O)CC(C)C)c1. The minimum Gasteiger partial charge on any atom is -0.390 e. The number of primary amides is 3. The number of rotatable bonds is 50. The summed E-state index contributed by atoms with van der Waals surface area (Å²) >= 11 is 0. The van der Waals surface area contributed by atoms with Crippen LogP contribution in [0.3, 0.4) is 0 Å². The van der Waals surface area contributed by atoms with Gasteiger partial charge in [0.1, 0.15) is 34.9 Å². The molecule has 0 fully saturated rings. The summed E-state index contributed by atoms with van der Waals surface area (Å²) in [7, 11) is 1.54. The standard InChI is InChI=1S/2C32H45F2N5O5.C31H43F2N5O5/c2*1-6-9-38(10-7-2)32(44)24-16-22(29(35)41)15-23(17-24)31(43)36-27(14-21-12-25(33)18-26(34)13-21)28(40)19-39(11-8-3)37-30(42)20(4)5;1-6-8-38(9-7-2)31(43)23-15-21(29(34)41)14-22(16-23)30(42)35-26(13-20-11-24(32)17-25(33)12-20)27(39)18-37(5)36-28(40)10-19(3)4/h2*12-13,15-18,20,27-28,40H,6-11,14,19H2,1-5H3,(H2,35,41)(H,36,43)(H,37,42);11-12,14-17,19,26-27,39H,6-10,13,18H2,1-5H3,(H2,34,41)(H,35,42)(H,36,40). The molecule has 0 saturated carbocycles. The summed E-state index contributed by atoms with van der Waals surface area (Å²) in [5, 5.41) is 46.2. The van der Waals surface area contributed by atoms with Crippen LogP contribution in [0.25, 0.3) is 0 Å². The molecular weight excluding hydrogens is 1710 g/mol. The fourth-order valence-electron chi connectivity index (χ4n) is 14.0. The van der Waals surface area contributed by atoms with Gasteiger partial charge in [-0.25, -0.2) is 41.4 Å². The summed E-state index contributed by atoms with van der Waals surface area (Å²) in [6, 6.07) is 17.2. The van der Waals surface area contributed by atoms with Crippen molar-refractivity contribution in [2.45, 2.75) is 210 Å². The third-order valence-electron chi connectivity index (χ3n) is 20.2. The van der Waals surface area contributed by atoms with Crippen molar-refractivity contribution in [3.05, 3.63) is 211 Å². The van der Waals surface area contributed by atoms with E-state index in [1.165, 1.54) is 76.7 Å². The molecule has 6 aromatic carbocycles. The lowest BCUT2D eigenvalue weighted by Crippen LogP contribution is -2.54. The molecule has 6 rings (SSSR count). The van der Waals surface area contributed by atoms with Gasteiger partial charge in [-0.3, -0.25) is 73.8 Å². The van der Waals surface area contributed by atoms with E-state index in [2.05, 4.69) is 32.2 Å². The minimum absolute atomic E-state index is 0.0521. The van der Waals surface area contributed by atoms with Gasteiger partial charge in [0.15, 0.2) is 0 Å². The number of aliphatic hydroxyl groups excluding tert-OH is 3. The summed E-state index contributed by atoms with van der Waals surface area (Å²) in [6.07, 6.45) is 1.36. The van der Waals surface area contributed by atoms with Crippen molar-refractivity contribution in [2.24, 2.45) is 35.0 Å². The van der Waals surface area contributed by atoms with Crippen LogP contribution in [0.5, 0.6) is 0 Å². The van der Waals surface area contributed by atoms with Crippen LogP contribution in [-0.4, -0.2) is 231 Å². The Labute approximate surface area is 763 Å². The number of benzene rings is 6. The Hall–Kier alpha value is -11.7. The first-order valence-electron chi connectivity index (χ1n) is 44.5. The average molecular weight is 1840 g/mol. The molecule has 0 heterocycles. The lowest BCUT2D eigenvalue weighted by Gasteiger charge is -2.31. The number of hydrogen-bond donors (Lipinski definition) is 12.